The summed E-state index contributed by atoms with van der Waals surface area (Å²) in [4.78, 5) is 33.1. The van der Waals surface area contributed by atoms with Gasteiger partial charge in [0.25, 0.3) is 0 Å². The average Bonchev–Trinajstić information content (AvgIpc) is 2.98. The molecule has 0 aromatic rings. The maximum absolute atomic E-state index is 11.0. The predicted octanol–water partition coefficient (Wildman–Crippen LogP) is 10.2. The van der Waals surface area contributed by atoms with E-state index in [2.05, 4.69) is 19.1 Å². The van der Waals surface area contributed by atoms with Crippen molar-refractivity contribution >= 4 is 17.9 Å². The fourth-order valence-electron chi connectivity index (χ4n) is 6.24. The van der Waals surface area contributed by atoms with E-state index in [-0.39, 0.29) is 19.3 Å². The highest BCUT2D eigenvalue weighted by atomic mass is 16.4. The van der Waals surface area contributed by atoms with Crippen molar-refractivity contribution in [2.24, 2.45) is 0 Å². The number of unbranched alkanes of at least 4 members (excludes halogenated alkanes) is 19. The van der Waals surface area contributed by atoms with Gasteiger partial charge >= 0.3 is 17.9 Å². The van der Waals surface area contributed by atoms with Crippen LogP contribution in [0.2, 0.25) is 0 Å². The molecule has 0 saturated carbocycles. The van der Waals surface area contributed by atoms with Gasteiger partial charge in [0.1, 0.15) is 0 Å². The molecule has 0 aliphatic rings. The van der Waals surface area contributed by atoms with Crippen LogP contribution in [-0.2, 0) is 14.4 Å². The van der Waals surface area contributed by atoms with Gasteiger partial charge in [-0.15, -0.1) is 0 Å². The number of carboxylic acids is 3. The zero-order valence-electron chi connectivity index (χ0n) is 28.6. The fraction of sp³-hybridized carbons (Fsp3) is 0.865. The Morgan fingerprint density at radius 3 is 1.00 bits per heavy atom. The zero-order chi connectivity index (χ0) is 32.6. The second-order valence-electron chi connectivity index (χ2n) is 13.1. The van der Waals surface area contributed by atoms with E-state index in [1.165, 1.54) is 109 Å². The van der Waals surface area contributed by atoms with Crippen molar-refractivity contribution in [2.45, 2.75) is 180 Å². The molecule has 0 heterocycles. The summed E-state index contributed by atoms with van der Waals surface area (Å²) in [5.74, 6) is -2.30. The lowest BCUT2D eigenvalue weighted by Crippen LogP contribution is -2.51. The number of allylic oxidation sites excluding steroid dienone is 2. The Morgan fingerprint density at radius 1 is 0.409 bits per heavy atom. The molecule has 7 nitrogen and oxygen atoms in total. The van der Waals surface area contributed by atoms with Gasteiger partial charge in [0.15, 0.2) is 0 Å². The first-order valence-electron chi connectivity index (χ1n) is 18.5. The number of hydrogen-bond donors (Lipinski definition) is 3. The lowest BCUT2D eigenvalue weighted by Gasteiger charge is -2.39. The van der Waals surface area contributed by atoms with Crippen LogP contribution in [0.1, 0.15) is 180 Å². The Balaban J connectivity index is 4.24. The number of nitrogens with zero attached hydrogens (tertiary/aromatic N) is 1. The fourth-order valence-corrected chi connectivity index (χ4v) is 6.24. The smallest absolute Gasteiger partial charge is 0.303 e. The topological polar surface area (TPSA) is 112 Å². The molecule has 0 aliphatic heterocycles. The number of rotatable bonds is 35. The van der Waals surface area contributed by atoms with E-state index in [1.54, 1.807) is 0 Å². The maximum Gasteiger partial charge on any atom is 0.303 e. The molecule has 0 aromatic carbocycles. The van der Waals surface area contributed by atoms with Gasteiger partial charge in [-0.05, 0) is 77.0 Å². The molecule has 0 spiro atoms. The van der Waals surface area contributed by atoms with Crippen LogP contribution >= 0.6 is 0 Å². The standard InChI is InChI=1S/C37H69NO6/c1-2-3-4-5-6-7-8-9-10-11-12-13-14-15-16-17-18-19-20-24-31-38(32-25-21-28-35(39)40,33-26-22-29-36(41)42)34-27-23-30-37(43)44/h7-8H,2-6,9-34H2,1H3,(H2-,39,40,41,42,43,44)/p+1/b8-7+. The third-order valence-corrected chi connectivity index (χ3v) is 8.96. The first-order valence-corrected chi connectivity index (χ1v) is 18.5. The Kier molecular flexibility index (Phi) is 29.8. The lowest BCUT2D eigenvalue weighted by molar-refractivity contribution is -0.929. The molecule has 0 fully saturated rings. The van der Waals surface area contributed by atoms with E-state index in [0.29, 0.717) is 19.3 Å². The molecule has 0 unspecified atom stereocenters. The number of hydrogen-bond acceptors (Lipinski definition) is 3. The monoisotopic (exact) mass is 625 g/mol. The Bertz CT molecular complexity index is 668. The van der Waals surface area contributed by atoms with Crippen LogP contribution in [0.25, 0.3) is 0 Å². The quantitative estimate of drug-likeness (QED) is 0.0367. The van der Waals surface area contributed by atoms with Crippen LogP contribution in [0.4, 0.5) is 0 Å². The number of aliphatic carboxylic acids is 3. The van der Waals surface area contributed by atoms with Crippen molar-refractivity contribution in [2.75, 3.05) is 26.2 Å². The van der Waals surface area contributed by atoms with Gasteiger partial charge < -0.3 is 19.8 Å². The third kappa shape index (κ3) is 30.1. The Labute approximate surface area is 270 Å². The molecular formula is C37H70NO6+. The van der Waals surface area contributed by atoms with Gasteiger partial charge in [-0.25, -0.2) is 0 Å². The van der Waals surface area contributed by atoms with E-state index in [1.807, 2.05) is 0 Å². The highest BCUT2D eigenvalue weighted by Crippen LogP contribution is 2.20. The van der Waals surface area contributed by atoms with E-state index >= 15 is 0 Å². The summed E-state index contributed by atoms with van der Waals surface area (Å²) in [6.45, 7) is 5.95. The van der Waals surface area contributed by atoms with Crippen molar-refractivity contribution in [3.05, 3.63) is 12.2 Å². The number of quaternary nitrogens is 1. The van der Waals surface area contributed by atoms with Crippen molar-refractivity contribution in [1.82, 2.24) is 0 Å². The van der Waals surface area contributed by atoms with Crippen LogP contribution in [0.3, 0.4) is 0 Å². The number of carbonyl (C=O) groups is 3. The molecule has 44 heavy (non-hydrogen) atoms. The van der Waals surface area contributed by atoms with Gasteiger partial charge in [-0.3, -0.25) is 14.4 Å². The van der Waals surface area contributed by atoms with Gasteiger partial charge in [0.2, 0.25) is 0 Å². The van der Waals surface area contributed by atoms with Crippen LogP contribution in [0.5, 0.6) is 0 Å². The summed E-state index contributed by atoms with van der Waals surface area (Å²) < 4.78 is 0.869. The average molecular weight is 625 g/mol. The molecular weight excluding hydrogens is 554 g/mol. The van der Waals surface area contributed by atoms with Gasteiger partial charge in [0.05, 0.1) is 26.2 Å². The SMILES string of the molecule is CCCCCC/C=C/CCCCCCCCCCCCCC[N+](CCCCC(=O)O)(CCCCC(=O)O)CCCCC(=O)O. The zero-order valence-corrected chi connectivity index (χ0v) is 28.6. The molecule has 0 atom stereocenters. The van der Waals surface area contributed by atoms with Crippen LogP contribution in [-0.4, -0.2) is 63.9 Å². The van der Waals surface area contributed by atoms with Gasteiger partial charge in [-0.2, -0.15) is 0 Å². The molecule has 0 bridgehead atoms. The van der Waals surface area contributed by atoms with Crippen LogP contribution < -0.4 is 0 Å². The third-order valence-electron chi connectivity index (χ3n) is 8.96. The summed E-state index contributed by atoms with van der Waals surface area (Å²) in [5, 5.41) is 27.2. The minimum absolute atomic E-state index is 0.176. The second kappa shape index (κ2) is 31.1. The highest BCUT2D eigenvalue weighted by Gasteiger charge is 2.26. The first kappa shape index (κ1) is 42.1. The second-order valence-corrected chi connectivity index (χ2v) is 13.1. The summed E-state index contributed by atoms with van der Waals surface area (Å²) in [6, 6.07) is 0. The maximum atomic E-state index is 11.0. The minimum Gasteiger partial charge on any atom is -0.481 e. The molecule has 0 amide bonds. The van der Waals surface area contributed by atoms with Crippen molar-refractivity contribution < 1.29 is 34.2 Å². The summed E-state index contributed by atoms with van der Waals surface area (Å²) in [7, 11) is 0. The molecule has 0 rings (SSSR count). The highest BCUT2D eigenvalue weighted by molar-refractivity contribution is 5.67. The molecule has 0 aliphatic carbocycles. The predicted molar refractivity (Wildman–Crippen MR) is 182 cm³/mol. The Hall–Kier alpha value is -1.89. The normalized spacial score (nSPS) is 11.8. The molecule has 3 N–H and O–H groups in total. The van der Waals surface area contributed by atoms with Crippen LogP contribution in [0.15, 0.2) is 12.2 Å². The van der Waals surface area contributed by atoms with E-state index < -0.39 is 17.9 Å². The minimum atomic E-state index is -0.766. The Morgan fingerprint density at radius 2 is 0.682 bits per heavy atom. The lowest BCUT2D eigenvalue weighted by atomic mass is 10.0. The molecule has 258 valence electrons. The summed E-state index contributed by atoms with van der Waals surface area (Å²) in [6.07, 6.45) is 33.2. The molecule has 0 saturated heterocycles. The van der Waals surface area contributed by atoms with Crippen molar-refractivity contribution in [3.8, 4) is 0 Å². The van der Waals surface area contributed by atoms with Gasteiger partial charge in [-0.1, -0.05) is 96.1 Å². The molecule has 0 aromatic heterocycles. The molecule has 7 heteroatoms. The van der Waals surface area contributed by atoms with Crippen molar-refractivity contribution in [1.29, 1.82) is 0 Å². The number of carboxylic acid groups (broad SMARTS) is 3. The van der Waals surface area contributed by atoms with Gasteiger partial charge in [0, 0.05) is 19.3 Å². The van der Waals surface area contributed by atoms with E-state index in [9.17, 15) is 14.4 Å². The summed E-state index contributed by atoms with van der Waals surface area (Å²) >= 11 is 0. The van der Waals surface area contributed by atoms with E-state index in [4.69, 9.17) is 15.3 Å². The van der Waals surface area contributed by atoms with E-state index in [0.717, 1.165) is 56.3 Å². The summed E-state index contributed by atoms with van der Waals surface area (Å²) in [5.41, 5.74) is 0. The van der Waals surface area contributed by atoms with Crippen molar-refractivity contribution in [3.63, 3.8) is 0 Å². The first-order chi connectivity index (χ1) is 21.3. The van der Waals surface area contributed by atoms with Crippen LogP contribution in [0, 0.1) is 0 Å². The largest absolute Gasteiger partial charge is 0.481 e. The molecule has 0 radical (unpaired) electrons.